The Morgan fingerprint density at radius 3 is 2.95 bits per heavy atom. The third-order valence-electron chi connectivity index (χ3n) is 3.96. The quantitative estimate of drug-likeness (QED) is 0.607. The van der Waals surface area contributed by atoms with Crippen LogP contribution in [0.4, 0.5) is 0 Å². The van der Waals surface area contributed by atoms with Crippen molar-refractivity contribution in [1.82, 2.24) is 15.2 Å². The molecule has 0 aliphatic carbocycles. The van der Waals surface area contributed by atoms with E-state index in [9.17, 15) is 4.79 Å². The Labute approximate surface area is 147 Å². The van der Waals surface area contributed by atoms with E-state index in [-0.39, 0.29) is 10.5 Å². The van der Waals surface area contributed by atoms with Gasteiger partial charge in [-0.2, -0.15) is 5.10 Å². The number of hydrogen-bond donors (Lipinski definition) is 1. The second-order valence-electron chi connectivity index (χ2n) is 5.23. The Hall–Kier alpha value is -0.980. The average Bonchev–Trinajstić information content (AvgIpc) is 2.87. The van der Waals surface area contributed by atoms with Gasteiger partial charge in [0.1, 0.15) is 5.84 Å². The Bertz CT molecular complexity index is 654. The Morgan fingerprint density at radius 2 is 2.23 bits per heavy atom. The number of piperazine rings is 1. The van der Waals surface area contributed by atoms with Gasteiger partial charge in [0, 0.05) is 13.1 Å². The van der Waals surface area contributed by atoms with Gasteiger partial charge in [-0.1, -0.05) is 36.2 Å². The van der Waals surface area contributed by atoms with Crippen LogP contribution < -0.4 is 5.43 Å². The number of hydrazone groups is 1. The lowest BCUT2D eigenvalue weighted by Crippen LogP contribution is -2.57. The number of halogens is 3. The van der Waals surface area contributed by atoms with Crippen molar-refractivity contribution in [2.75, 3.05) is 19.6 Å². The number of nitrogens with one attached hydrogen (secondary N) is 1. The van der Waals surface area contributed by atoms with Crippen LogP contribution in [0.15, 0.2) is 23.3 Å². The topological polar surface area (TPSA) is 47.9 Å². The van der Waals surface area contributed by atoms with Crippen molar-refractivity contribution in [3.8, 4) is 0 Å². The molecule has 118 valence electrons. The van der Waals surface area contributed by atoms with Gasteiger partial charge < -0.3 is 9.80 Å². The second kappa shape index (κ2) is 5.91. The molecule has 1 fully saturated rings. The molecule has 5 nitrogen and oxygen atoms in total. The van der Waals surface area contributed by atoms with Crippen LogP contribution >= 0.6 is 39.1 Å². The summed E-state index contributed by atoms with van der Waals surface area (Å²) >= 11 is 15.8. The predicted octanol–water partition coefficient (Wildman–Crippen LogP) is 3.13. The van der Waals surface area contributed by atoms with Crippen LogP contribution in [0.3, 0.4) is 0 Å². The molecular formula is C14H15BrCl2N4O. The molecule has 2 heterocycles. The molecule has 1 amide bonds. The average molecular weight is 406 g/mol. The van der Waals surface area contributed by atoms with E-state index in [0.717, 1.165) is 12.3 Å². The Balaban J connectivity index is 1.79. The van der Waals surface area contributed by atoms with Crippen LogP contribution in [0.2, 0.25) is 10.0 Å². The molecule has 1 atom stereocenters. The van der Waals surface area contributed by atoms with Crippen molar-refractivity contribution in [3.63, 3.8) is 0 Å². The number of hydrogen-bond acceptors (Lipinski definition) is 4. The van der Waals surface area contributed by atoms with E-state index in [0.29, 0.717) is 35.2 Å². The zero-order valence-electron chi connectivity index (χ0n) is 11.9. The van der Waals surface area contributed by atoms with Crippen LogP contribution in [0, 0.1) is 0 Å². The molecule has 0 bridgehead atoms. The Morgan fingerprint density at radius 1 is 1.45 bits per heavy atom. The second-order valence-corrected chi connectivity index (χ2v) is 7.33. The van der Waals surface area contributed by atoms with Crippen LogP contribution in [-0.4, -0.2) is 45.7 Å². The molecule has 0 saturated carbocycles. The SMILES string of the molecule is CCC1(Br)NN=C2CN(C(=O)c3cccc(Cl)c3Cl)CCN21. The smallest absolute Gasteiger partial charge is 0.255 e. The molecular weight excluding hydrogens is 391 g/mol. The fourth-order valence-corrected chi connectivity index (χ4v) is 3.51. The molecule has 1 aromatic rings. The van der Waals surface area contributed by atoms with Crippen molar-refractivity contribution in [1.29, 1.82) is 0 Å². The van der Waals surface area contributed by atoms with Gasteiger partial charge in [0.05, 0.1) is 22.2 Å². The van der Waals surface area contributed by atoms with Gasteiger partial charge in [-0.3, -0.25) is 10.2 Å². The first kappa shape index (κ1) is 15.9. The van der Waals surface area contributed by atoms with Crippen LogP contribution in [0.25, 0.3) is 0 Å². The monoisotopic (exact) mass is 404 g/mol. The van der Waals surface area contributed by atoms with Crippen LogP contribution in [0.5, 0.6) is 0 Å². The van der Waals surface area contributed by atoms with E-state index in [1.807, 2.05) is 0 Å². The predicted molar refractivity (Wildman–Crippen MR) is 91.6 cm³/mol. The number of amides is 1. The van der Waals surface area contributed by atoms with E-state index in [1.165, 1.54) is 0 Å². The fourth-order valence-electron chi connectivity index (χ4n) is 2.66. The minimum absolute atomic E-state index is 0.126. The van der Waals surface area contributed by atoms with Gasteiger partial charge in [0.25, 0.3) is 5.91 Å². The maximum Gasteiger partial charge on any atom is 0.255 e. The van der Waals surface area contributed by atoms with E-state index >= 15 is 0 Å². The van der Waals surface area contributed by atoms with E-state index < -0.39 is 0 Å². The lowest BCUT2D eigenvalue weighted by atomic mass is 10.1. The maximum atomic E-state index is 12.7. The Kier molecular flexibility index (Phi) is 4.27. The summed E-state index contributed by atoms with van der Waals surface area (Å²) in [7, 11) is 0. The molecule has 2 aliphatic rings. The van der Waals surface area contributed by atoms with E-state index in [4.69, 9.17) is 23.2 Å². The highest BCUT2D eigenvalue weighted by Crippen LogP contribution is 2.32. The zero-order valence-corrected chi connectivity index (χ0v) is 15.0. The molecule has 1 saturated heterocycles. The number of carbonyl (C=O) groups excluding carboxylic acids is 1. The molecule has 3 rings (SSSR count). The fraction of sp³-hybridized carbons (Fsp3) is 0.429. The maximum absolute atomic E-state index is 12.7. The summed E-state index contributed by atoms with van der Waals surface area (Å²) in [4.78, 5) is 16.6. The third kappa shape index (κ3) is 2.57. The van der Waals surface area contributed by atoms with Gasteiger partial charge in [-0.15, -0.1) is 0 Å². The van der Waals surface area contributed by atoms with Crippen LogP contribution in [-0.2, 0) is 0 Å². The molecule has 1 unspecified atom stereocenters. The molecule has 22 heavy (non-hydrogen) atoms. The summed E-state index contributed by atoms with van der Waals surface area (Å²) in [6.07, 6.45) is 0.855. The highest BCUT2D eigenvalue weighted by atomic mass is 79.9. The number of benzene rings is 1. The van der Waals surface area contributed by atoms with Gasteiger partial charge >= 0.3 is 0 Å². The highest BCUT2D eigenvalue weighted by molar-refractivity contribution is 9.10. The van der Waals surface area contributed by atoms with Crippen LogP contribution in [0.1, 0.15) is 23.7 Å². The van der Waals surface area contributed by atoms with E-state index in [2.05, 4.69) is 38.3 Å². The highest BCUT2D eigenvalue weighted by Gasteiger charge is 2.42. The first-order valence-corrected chi connectivity index (χ1v) is 8.54. The number of nitrogens with zero attached hydrogens (tertiary/aromatic N) is 3. The number of amidine groups is 1. The zero-order chi connectivity index (χ0) is 15.9. The van der Waals surface area contributed by atoms with Crippen molar-refractivity contribution >= 4 is 50.9 Å². The number of fused-ring (bicyclic) bond motifs is 1. The number of carbonyl (C=O) groups is 1. The molecule has 0 spiro atoms. The normalized spacial score (nSPS) is 23.9. The summed E-state index contributed by atoms with van der Waals surface area (Å²) < 4.78 is -0.342. The standard InChI is InChI=1S/C14H15BrCl2N4O/c1-2-14(15)19-18-11-8-20(6-7-21(11)14)13(22)9-4-3-5-10(16)12(9)17/h3-5,19H,2,6-8H2,1H3. The van der Waals surface area contributed by atoms with Crippen molar-refractivity contribution in [2.45, 2.75) is 17.9 Å². The number of rotatable bonds is 2. The van der Waals surface area contributed by atoms with Crippen molar-refractivity contribution in [2.24, 2.45) is 5.10 Å². The minimum Gasteiger partial charge on any atom is -0.329 e. The van der Waals surface area contributed by atoms with E-state index in [1.54, 1.807) is 23.1 Å². The van der Waals surface area contributed by atoms with Crippen molar-refractivity contribution in [3.05, 3.63) is 33.8 Å². The molecule has 0 radical (unpaired) electrons. The first-order chi connectivity index (χ1) is 10.5. The number of alkyl halides is 1. The van der Waals surface area contributed by atoms with Gasteiger partial charge in [0.15, 0.2) is 4.57 Å². The van der Waals surface area contributed by atoms with Gasteiger partial charge in [-0.05, 0) is 34.5 Å². The molecule has 2 aliphatic heterocycles. The first-order valence-electron chi connectivity index (χ1n) is 7.00. The largest absolute Gasteiger partial charge is 0.329 e. The molecule has 0 aromatic heterocycles. The van der Waals surface area contributed by atoms with Gasteiger partial charge in [-0.25, -0.2) is 0 Å². The van der Waals surface area contributed by atoms with Gasteiger partial charge in [0.2, 0.25) is 0 Å². The summed E-state index contributed by atoms with van der Waals surface area (Å²) in [6, 6.07) is 5.09. The molecule has 1 aromatic carbocycles. The van der Waals surface area contributed by atoms with Crippen molar-refractivity contribution < 1.29 is 4.79 Å². The third-order valence-corrected chi connectivity index (χ3v) is 5.94. The summed E-state index contributed by atoms with van der Waals surface area (Å²) in [6.45, 7) is 3.83. The molecule has 8 heteroatoms. The lowest BCUT2D eigenvalue weighted by Gasteiger charge is -2.40. The molecule has 1 N–H and O–H groups in total. The minimum atomic E-state index is -0.342. The summed E-state index contributed by atoms with van der Waals surface area (Å²) in [5.41, 5.74) is 3.52. The lowest BCUT2D eigenvalue weighted by molar-refractivity contribution is 0.0730. The summed E-state index contributed by atoms with van der Waals surface area (Å²) in [5, 5.41) is 5.02. The summed E-state index contributed by atoms with van der Waals surface area (Å²) in [5.74, 6) is 0.717.